The Kier molecular flexibility index (Phi) is 3.66. The van der Waals surface area contributed by atoms with Crippen molar-refractivity contribution in [2.45, 2.75) is 46.2 Å². The Balaban J connectivity index is 2.58. The first-order valence-corrected chi connectivity index (χ1v) is 6.66. The van der Waals surface area contributed by atoms with Crippen LogP contribution in [-0.2, 0) is 12.1 Å². The molecule has 0 bridgehead atoms. The van der Waals surface area contributed by atoms with E-state index in [1.165, 1.54) is 5.52 Å². The number of aryl methyl sites for hydroxylation is 1. The average Bonchev–Trinajstić information content (AvgIpc) is 2.70. The molecule has 0 amide bonds. The second kappa shape index (κ2) is 5.06. The molecule has 4 nitrogen and oxygen atoms in total. The Morgan fingerprint density at radius 2 is 2.11 bits per heavy atom. The molecule has 2 rings (SSSR count). The summed E-state index contributed by atoms with van der Waals surface area (Å²) in [6.45, 7) is 10.6. The van der Waals surface area contributed by atoms with E-state index in [4.69, 9.17) is 4.98 Å². The minimum absolute atomic E-state index is 0.122. The van der Waals surface area contributed by atoms with Crippen LogP contribution in [-0.4, -0.2) is 21.1 Å². The van der Waals surface area contributed by atoms with E-state index in [-0.39, 0.29) is 5.54 Å². The molecular weight excluding hydrogens is 224 g/mol. The van der Waals surface area contributed by atoms with Crippen molar-refractivity contribution >= 4 is 11.0 Å². The molecule has 2 aromatic rings. The van der Waals surface area contributed by atoms with Crippen molar-refractivity contribution in [2.24, 2.45) is 0 Å². The van der Waals surface area contributed by atoms with Crippen LogP contribution < -0.4 is 5.32 Å². The van der Waals surface area contributed by atoms with Gasteiger partial charge in [0.1, 0.15) is 11.3 Å². The fourth-order valence-corrected chi connectivity index (χ4v) is 2.43. The van der Waals surface area contributed by atoms with Gasteiger partial charge in [0.2, 0.25) is 0 Å². The number of rotatable bonds is 5. The number of imidazole rings is 1. The van der Waals surface area contributed by atoms with Crippen LogP contribution in [0.2, 0.25) is 0 Å². The smallest absolute Gasteiger partial charge is 0.129 e. The minimum Gasteiger partial charge on any atom is -0.326 e. The number of hydrogen-bond donors (Lipinski definition) is 1. The van der Waals surface area contributed by atoms with E-state index in [9.17, 15) is 0 Å². The standard InChI is InChI=1S/C14H22N4/c1-5-9-18-12-7-8-15-10-11(12)17-13(18)14(3,4)16-6-2/h7-8,10,16H,5-6,9H2,1-4H3. The van der Waals surface area contributed by atoms with Gasteiger partial charge >= 0.3 is 0 Å². The lowest BCUT2D eigenvalue weighted by Gasteiger charge is -2.26. The summed E-state index contributed by atoms with van der Waals surface area (Å²) in [6.07, 6.45) is 4.77. The first kappa shape index (κ1) is 13.0. The van der Waals surface area contributed by atoms with E-state index in [0.717, 1.165) is 30.9 Å². The Labute approximate surface area is 108 Å². The first-order valence-electron chi connectivity index (χ1n) is 6.66. The van der Waals surface area contributed by atoms with E-state index in [1.807, 2.05) is 18.5 Å². The lowest BCUT2D eigenvalue weighted by atomic mass is 10.0. The Hall–Kier alpha value is -1.42. The summed E-state index contributed by atoms with van der Waals surface area (Å²) in [4.78, 5) is 8.92. The van der Waals surface area contributed by atoms with Gasteiger partial charge in [-0.15, -0.1) is 0 Å². The number of nitrogens with zero attached hydrogens (tertiary/aromatic N) is 3. The summed E-state index contributed by atoms with van der Waals surface area (Å²) in [5.41, 5.74) is 2.03. The lowest BCUT2D eigenvalue weighted by molar-refractivity contribution is 0.375. The number of nitrogens with one attached hydrogen (secondary N) is 1. The van der Waals surface area contributed by atoms with Gasteiger partial charge in [-0.1, -0.05) is 13.8 Å². The van der Waals surface area contributed by atoms with Crippen molar-refractivity contribution in [3.63, 3.8) is 0 Å². The zero-order valence-corrected chi connectivity index (χ0v) is 11.7. The van der Waals surface area contributed by atoms with Crippen LogP contribution in [0.3, 0.4) is 0 Å². The highest BCUT2D eigenvalue weighted by atomic mass is 15.1. The van der Waals surface area contributed by atoms with Gasteiger partial charge in [-0.3, -0.25) is 4.98 Å². The summed E-state index contributed by atoms with van der Waals surface area (Å²) in [5.74, 6) is 1.09. The van der Waals surface area contributed by atoms with Crippen molar-refractivity contribution < 1.29 is 0 Å². The van der Waals surface area contributed by atoms with Crippen molar-refractivity contribution in [3.8, 4) is 0 Å². The van der Waals surface area contributed by atoms with Crippen LogP contribution in [0.5, 0.6) is 0 Å². The van der Waals surface area contributed by atoms with Crippen LogP contribution in [0.1, 0.15) is 39.9 Å². The minimum atomic E-state index is -0.122. The molecule has 18 heavy (non-hydrogen) atoms. The molecule has 0 unspecified atom stereocenters. The Bertz CT molecular complexity index is 528. The molecular formula is C14H22N4. The second-order valence-corrected chi connectivity index (χ2v) is 5.11. The van der Waals surface area contributed by atoms with Crippen LogP contribution in [0.25, 0.3) is 11.0 Å². The molecule has 0 aliphatic carbocycles. The van der Waals surface area contributed by atoms with Gasteiger partial charge in [-0.25, -0.2) is 4.98 Å². The van der Waals surface area contributed by atoms with E-state index in [1.54, 1.807) is 0 Å². The molecule has 1 N–H and O–H groups in total. The predicted octanol–water partition coefficient (Wildman–Crippen LogP) is 2.69. The van der Waals surface area contributed by atoms with Gasteiger partial charge in [0.15, 0.2) is 0 Å². The Morgan fingerprint density at radius 3 is 2.78 bits per heavy atom. The highest BCUT2D eigenvalue weighted by Gasteiger charge is 2.26. The van der Waals surface area contributed by atoms with Crippen molar-refractivity contribution in [1.82, 2.24) is 19.9 Å². The number of hydrogen-bond acceptors (Lipinski definition) is 3. The van der Waals surface area contributed by atoms with Crippen molar-refractivity contribution in [2.75, 3.05) is 6.54 Å². The molecule has 0 aliphatic rings. The van der Waals surface area contributed by atoms with E-state index in [2.05, 4.69) is 42.6 Å². The predicted molar refractivity (Wildman–Crippen MR) is 74.5 cm³/mol. The molecule has 0 spiro atoms. The third-order valence-electron chi connectivity index (χ3n) is 3.18. The quantitative estimate of drug-likeness (QED) is 0.882. The lowest BCUT2D eigenvalue weighted by Crippen LogP contribution is -2.39. The fraction of sp³-hybridized carbons (Fsp3) is 0.571. The second-order valence-electron chi connectivity index (χ2n) is 5.11. The van der Waals surface area contributed by atoms with Crippen LogP contribution in [0, 0.1) is 0 Å². The van der Waals surface area contributed by atoms with Gasteiger partial charge in [-0.05, 0) is 32.9 Å². The van der Waals surface area contributed by atoms with Crippen LogP contribution >= 0.6 is 0 Å². The zero-order chi connectivity index (χ0) is 13.2. The summed E-state index contributed by atoms with van der Waals surface area (Å²) in [5, 5.41) is 3.49. The summed E-state index contributed by atoms with van der Waals surface area (Å²) < 4.78 is 2.31. The maximum atomic E-state index is 4.76. The monoisotopic (exact) mass is 246 g/mol. The number of pyridine rings is 1. The van der Waals surface area contributed by atoms with Gasteiger partial charge in [0.05, 0.1) is 17.3 Å². The highest BCUT2D eigenvalue weighted by molar-refractivity contribution is 5.75. The molecule has 0 aliphatic heterocycles. The van der Waals surface area contributed by atoms with Crippen LogP contribution in [0.4, 0.5) is 0 Å². The van der Waals surface area contributed by atoms with E-state index in [0.29, 0.717) is 0 Å². The maximum Gasteiger partial charge on any atom is 0.129 e. The van der Waals surface area contributed by atoms with Gasteiger partial charge < -0.3 is 9.88 Å². The summed E-state index contributed by atoms with van der Waals surface area (Å²) >= 11 is 0. The third kappa shape index (κ3) is 2.25. The summed E-state index contributed by atoms with van der Waals surface area (Å²) in [7, 11) is 0. The molecule has 98 valence electrons. The molecule has 4 heteroatoms. The average molecular weight is 246 g/mol. The molecule has 2 heterocycles. The molecule has 2 aromatic heterocycles. The van der Waals surface area contributed by atoms with E-state index >= 15 is 0 Å². The first-order chi connectivity index (χ1) is 8.60. The Morgan fingerprint density at radius 1 is 1.33 bits per heavy atom. The maximum absolute atomic E-state index is 4.76. The zero-order valence-electron chi connectivity index (χ0n) is 11.7. The highest BCUT2D eigenvalue weighted by Crippen LogP contribution is 2.24. The SMILES string of the molecule is CCCn1c(C(C)(C)NCC)nc2cnccc21. The third-order valence-corrected chi connectivity index (χ3v) is 3.18. The van der Waals surface area contributed by atoms with Crippen molar-refractivity contribution in [1.29, 1.82) is 0 Å². The molecule has 0 radical (unpaired) electrons. The summed E-state index contributed by atoms with van der Waals surface area (Å²) in [6, 6.07) is 2.05. The molecule has 0 saturated heterocycles. The number of fused-ring (bicyclic) bond motifs is 1. The molecule has 0 aromatic carbocycles. The molecule has 0 atom stereocenters. The number of aromatic nitrogens is 3. The van der Waals surface area contributed by atoms with E-state index < -0.39 is 0 Å². The van der Waals surface area contributed by atoms with Crippen molar-refractivity contribution in [3.05, 3.63) is 24.3 Å². The molecule has 0 fully saturated rings. The van der Waals surface area contributed by atoms with Crippen LogP contribution in [0.15, 0.2) is 18.5 Å². The molecule has 0 saturated carbocycles. The normalized spacial score (nSPS) is 12.2. The van der Waals surface area contributed by atoms with Gasteiger partial charge in [0.25, 0.3) is 0 Å². The topological polar surface area (TPSA) is 42.7 Å². The largest absolute Gasteiger partial charge is 0.326 e. The fourth-order valence-electron chi connectivity index (χ4n) is 2.43. The van der Waals surface area contributed by atoms with Gasteiger partial charge in [-0.2, -0.15) is 0 Å². The van der Waals surface area contributed by atoms with Gasteiger partial charge in [0, 0.05) is 12.7 Å².